The second kappa shape index (κ2) is 6.68. The molecule has 3 atom stereocenters. The van der Waals surface area contributed by atoms with Gasteiger partial charge in [0.1, 0.15) is 4.33 Å². The highest BCUT2D eigenvalue weighted by molar-refractivity contribution is 6.48. The van der Waals surface area contributed by atoms with E-state index in [4.69, 9.17) is 46.4 Å². The minimum atomic E-state index is -0.716. The van der Waals surface area contributed by atoms with Gasteiger partial charge >= 0.3 is 0 Å². The Morgan fingerprint density at radius 2 is 1.43 bits per heavy atom. The van der Waals surface area contributed by atoms with Crippen molar-refractivity contribution in [2.75, 3.05) is 0 Å². The van der Waals surface area contributed by atoms with E-state index in [0.29, 0.717) is 12.3 Å². The Balaban J connectivity index is 3.94. The van der Waals surface area contributed by atoms with Crippen LogP contribution in [0.4, 0.5) is 0 Å². The van der Waals surface area contributed by atoms with Crippen LogP contribution in [0.5, 0.6) is 0 Å². The molecule has 0 aliphatic carbocycles. The van der Waals surface area contributed by atoms with E-state index >= 15 is 0 Å². The normalized spacial score (nSPS) is 19.1. The largest absolute Gasteiger partial charge is 0.123 e. The molecule has 0 fully saturated rings. The van der Waals surface area contributed by atoms with E-state index in [9.17, 15) is 0 Å². The van der Waals surface area contributed by atoms with Gasteiger partial charge in [0.2, 0.25) is 0 Å². The Kier molecular flexibility index (Phi) is 7.23. The monoisotopic (exact) mass is 278 g/mol. The van der Waals surface area contributed by atoms with Crippen molar-refractivity contribution in [2.45, 2.75) is 55.1 Å². The number of rotatable bonds is 6. The summed E-state index contributed by atoms with van der Waals surface area (Å²) in [5.74, 6) is 0.424. The topological polar surface area (TPSA) is 0 Å². The summed E-state index contributed by atoms with van der Waals surface area (Å²) < 4.78 is -0.716. The summed E-state index contributed by atoms with van der Waals surface area (Å²) in [6.45, 7) is 5.99. The van der Waals surface area contributed by atoms with Crippen molar-refractivity contribution in [3.63, 3.8) is 0 Å². The van der Waals surface area contributed by atoms with E-state index in [0.717, 1.165) is 12.8 Å². The van der Waals surface area contributed by atoms with Gasteiger partial charge in [-0.2, -0.15) is 0 Å². The predicted molar refractivity (Wildman–Crippen MR) is 68.1 cm³/mol. The minimum Gasteiger partial charge on any atom is -0.123 e. The zero-order valence-electron chi connectivity index (χ0n) is 8.87. The molecule has 0 saturated carbocycles. The van der Waals surface area contributed by atoms with Crippen LogP contribution >= 0.6 is 46.4 Å². The summed E-state index contributed by atoms with van der Waals surface area (Å²) in [5.41, 5.74) is 0. The van der Waals surface area contributed by atoms with Crippen molar-refractivity contribution in [2.24, 2.45) is 5.92 Å². The van der Waals surface area contributed by atoms with Crippen LogP contribution in [-0.4, -0.2) is 15.1 Å². The van der Waals surface area contributed by atoms with Crippen LogP contribution in [0.1, 0.15) is 40.0 Å². The highest BCUT2D eigenvalue weighted by atomic mass is 35.5. The summed E-state index contributed by atoms with van der Waals surface area (Å²) in [6, 6.07) is 0. The molecular formula is C10H18Cl4. The minimum absolute atomic E-state index is 0.00521. The van der Waals surface area contributed by atoms with Crippen LogP contribution in [0.15, 0.2) is 0 Å². The Morgan fingerprint density at radius 3 is 1.79 bits per heavy atom. The first-order valence-electron chi connectivity index (χ1n) is 4.89. The number of hydrogen-bond donors (Lipinski definition) is 0. The van der Waals surface area contributed by atoms with Crippen molar-refractivity contribution in [1.29, 1.82) is 0 Å². The lowest BCUT2D eigenvalue weighted by Gasteiger charge is -2.25. The van der Waals surface area contributed by atoms with E-state index in [1.165, 1.54) is 0 Å². The average molecular weight is 280 g/mol. The first kappa shape index (κ1) is 15.2. The standard InChI is InChI=1S/C10H18Cl4/c1-7(4-8(2)11)5-10(13,14)6-9(3)12/h7-9H,4-6H2,1-3H3. The van der Waals surface area contributed by atoms with Crippen molar-refractivity contribution in [3.05, 3.63) is 0 Å². The first-order valence-corrected chi connectivity index (χ1v) is 6.52. The van der Waals surface area contributed by atoms with Crippen LogP contribution in [0.25, 0.3) is 0 Å². The molecule has 0 N–H and O–H groups in total. The molecule has 0 radical (unpaired) electrons. The van der Waals surface area contributed by atoms with Gasteiger partial charge in [0, 0.05) is 10.8 Å². The molecule has 0 heterocycles. The van der Waals surface area contributed by atoms with Gasteiger partial charge in [-0.3, -0.25) is 0 Å². The fraction of sp³-hybridized carbons (Fsp3) is 1.00. The molecule has 0 nitrogen and oxygen atoms in total. The van der Waals surface area contributed by atoms with Gasteiger partial charge < -0.3 is 0 Å². The van der Waals surface area contributed by atoms with E-state index in [1.807, 2.05) is 13.8 Å². The maximum Gasteiger partial charge on any atom is 0.120 e. The molecule has 0 aromatic rings. The van der Waals surface area contributed by atoms with Crippen molar-refractivity contribution < 1.29 is 0 Å². The molecule has 86 valence electrons. The highest BCUT2D eigenvalue weighted by Gasteiger charge is 2.28. The van der Waals surface area contributed by atoms with Crippen LogP contribution < -0.4 is 0 Å². The number of alkyl halides is 4. The van der Waals surface area contributed by atoms with Gasteiger partial charge in [-0.05, 0) is 39.0 Å². The Morgan fingerprint density at radius 1 is 0.929 bits per heavy atom. The molecule has 14 heavy (non-hydrogen) atoms. The van der Waals surface area contributed by atoms with Crippen LogP contribution in [0.2, 0.25) is 0 Å². The van der Waals surface area contributed by atoms with Gasteiger partial charge in [-0.1, -0.05) is 6.92 Å². The molecule has 0 bridgehead atoms. The smallest absolute Gasteiger partial charge is 0.120 e. The Bertz CT molecular complexity index is 154. The van der Waals surface area contributed by atoms with E-state index in [1.54, 1.807) is 0 Å². The average Bonchev–Trinajstić information content (AvgIpc) is 1.77. The molecule has 0 aromatic heterocycles. The molecule has 0 aliphatic rings. The summed E-state index contributed by atoms with van der Waals surface area (Å²) in [4.78, 5) is 0. The Labute approximate surface area is 107 Å². The quantitative estimate of drug-likeness (QED) is 0.585. The van der Waals surface area contributed by atoms with Gasteiger partial charge in [0.25, 0.3) is 0 Å². The SMILES string of the molecule is CC(Cl)CC(C)CC(Cl)(Cl)CC(C)Cl. The predicted octanol–water partition coefficient (Wildman–Crippen LogP) is 5.22. The summed E-state index contributed by atoms with van der Waals surface area (Å²) in [6.07, 6.45) is 2.28. The zero-order chi connectivity index (χ0) is 11.4. The second-order valence-electron chi connectivity index (χ2n) is 4.17. The Hall–Kier alpha value is 1.16. The van der Waals surface area contributed by atoms with Gasteiger partial charge in [-0.25, -0.2) is 0 Å². The van der Waals surface area contributed by atoms with E-state index in [-0.39, 0.29) is 10.8 Å². The number of hydrogen-bond acceptors (Lipinski definition) is 0. The molecular weight excluding hydrogens is 262 g/mol. The second-order valence-corrected chi connectivity index (χ2v) is 7.30. The first-order chi connectivity index (χ1) is 6.23. The third kappa shape index (κ3) is 8.47. The van der Waals surface area contributed by atoms with E-state index in [2.05, 4.69) is 6.92 Å². The summed E-state index contributed by atoms with van der Waals surface area (Å²) >= 11 is 24.0. The summed E-state index contributed by atoms with van der Waals surface area (Å²) in [7, 11) is 0. The lowest BCUT2D eigenvalue weighted by molar-refractivity contribution is 0.446. The third-order valence-electron chi connectivity index (χ3n) is 1.95. The fourth-order valence-electron chi connectivity index (χ4n) is 1.64. The molecule has 0 aliphatic heterocycles. The molecule has 0 spiro atoms. The highest BCUT2D eigenvalue weighted by Crippen LogP contribution is 2.36. The molecule has 0 saturated heterocycles. The maximum absolute atomic E-state index is 6.15. The molecule has 0 aromatic carbocycles. The lowest BCUT2D eigenvalue weighted by Crippen LogP contribution is -2.21. The number of halogens is 4. The summed E-state index contributed by atoms with van der Waals surface area (Å²) in [5, 5.41) is 0.174. The van der Waals surface area contributed by atoms with Gasteiger partial charge in [-0.15, -0.1) is 46.4 Å². The zero-order valence-corrected chi connectivity index (χ0v) is 11.9. The van der Waals surface area contributed by atoms with Crippen LogP contribution in [-0.2, 0) is 0 Å². The van der Waals surface area contributed by atoms with Crippen LogP contribution in [0.3, 0.4) is 0 Å². The van der Waals surface area contributed by atoms with Crippen molar-refractivity contribution in [1.82, 2.24) is 0 Å². The lowest BCUT2D eigenvalue weighted by atomic mass is 9.98. The molecule has 0 rings (SSSR count). The van der Waals surface area contributed by atoms with Gasteiger partial charge in [0.05, 0.1) is 0 Å². The van der Waals surface area contributed by atoms with E-state index < -0.39 is 4.33 Å². The molecule has 0 amide bonds. The van der Waals surface area contributed by atoms with Crippen molar-refractivity contribution >= 4 is 46.4 Å². The van der Waals surface area contributed by atoms with Crippen LogP contribution in [0, 0.1) is 5.92 Å². The third-order valence-corrected chi connectivity index (χ3v) is 2.90. The molecule has 3 unspecified atom stereocenters. The van der Waals surface area contributed by atoms with Crippen molar-refractivity contribution in [3.8, 4) is 0 Å². The fourth-order valence-corrected chi connectivity index (χ4v) is 3.36. The van der Waals surface area contributed by atoms with Gasteiger partial charge in [0.15, 0.2) is 0 Å². The molecule has 4 heteroatoms. The maximum atomic E-state index is 6.15.